The number of nitrogens with zero attached hydrogens (tertiary/aromatic N) is 2. The van der Waals surface area contributed by atoms with Crippen LogP contribution in [0.15, 0.2) is 65.2 Å². The van der Waals surface area contributed by atoms with Gasteiger partial charge >= 0.3 is 0 Å². The van der Waals surface area contributed by atoms with Crippen molar-refractivity contribution in [3.63, 3.8) is 0 Å². The van der Waals surface area contributed by atoms with Crippen molar-refractivity contribution in [2.45, 2.75) is 6.42 Å². The van der Waals surface area contributed by atoms with Crippen LogP contribution in [-0.2, 0) is 0 Å². The maximum absolute atomic E-state index is 12.8. The molecule has 2 heterocycles. The summed E-state index contributed by atoms with van der Waals surface area (Å²) in [7, 11) is 0. The Labute approximate surface area is 138 Å². The number of hydrogen-bond acceptors (Lipinski definition) is 4. The van der Waals surface area contributed by atoms with Crippen LogP contribution >= 0.6 is 0 Å². The van der Waals surface area contributed by atoms with Crippen LogP contribution in [0.25, 0.3) is 11.3 Å². The van der Waals surface area contributed by atoms with E-state index in [0.717, 1.165) is 5.56 Å². The molecule has 5 heteroatoms. The van der Waals surface area contributed by atoms with Gasteiger partial charge in [0.25, 0.3) is 5.91 Å². The molecule has 5 nitrogen and oxygen atoms in total. The fourth-order valence-electron chi connectivity index (χ4n) is 2.88. The fourth-order valence-corrected chi connectivity index (χ4v) is 2.88. The predicted molar refractivity (Wildman–Crippen MR) is 89.0 cm³/mol. The summed E-state index contributed by atoms with van der Waals surface area (Å²) < 4.78 is 5.31. The number of fused-ring (bicyclic) bond motifs is 1. The molecule has 0 fully saturated rings. The van der Waals surface area contributed by atoms with Crippen molar-refractivity contribution in [2.24, 2.45) is 0 Å². The first-order valence-corrected chi connectivity index (χ1v) is 7.70. The monoisotopic (exact) mass is 318 g/mol. The van der Waals surface area contributed by atoms with Gasteiger partial charge in [0.1, 0.15) is 0 Å². The second kappa shape index (κ2) is 5.77. The summed E-state index contributed by atoms with van der Waals surface area (Å²) in [6, 6.07) is 18.3. The highest BCUT2D eigenvalue weighted by Gasteiger charge is 2.29. The first kappa shape index (κ1) is 14.4. The zero-order chi connectivity index (χ0) is 16.5. The lowest BCUT2D eigenvalue weighted by Crippen LogP contribution is -2.37. The zero-order valence-electron chi connectivity index (χ0n) is 12.8. The highest BCUT2D eigenvalue weighted by Crippen LogP contribution is 2.29. The molecular weight excluding hydrogens is 304 g/mol. The largest absolute Gasteiger partial charge is 0.355 e. The van der Waals surface area contributed by atoms with Gasteiger partial charge in [-0.3, -0.25) is 9.59 Å². The van der Waals surface area contributed by atoms with E-state index in [1.54, 1.807) is 29.2 Å². The maximum Gasteiger partial charge on any atom is 0.280 e. The Hall–Kier alpha value is -3.21. The summed E-state index contributed by atoms with van der Waals surface area (Å²) in [4.78, 5) is 26.4. The summed E-state index contributed by atoms with van der Waals surface area (Å²) >= 11 is 0. The third-order valence-electron chi connectivity index (χ3n) is 4.09. The molecule has 1 aliphatic heterocycles. The number of carbonyl (C=O) groups is 2. The molecule has 24 heavy (non-hydrogen) atoms. The van der Waals surface area contributed by atoms with Crippen molar-refractivity contribution in [3.8, 4) is 11.3 Å². The Morgan fingerprint density at radius 3 is 2.62 bits per heavy atom. The number of para-hydroxylation sites is 1. The standard InChI is InChI=1S/C19H14N2O3/c22-17-10-11-21(16-9-5-4-8-14(16)17)19(23)15-12-18(24-20-15)13-6-2-1-3-7-13/h1-9,12H,10-11H2. The number of Topliss-reactive ketones (excluding diaryl/α,β-unsaturated/α-hetero) is 1. The van der Waals surface area contributed by atoms with Crippen LogP contribution < -0.4 is 4.90 Å². The second-order valence-electron chi connectivity index (χ2n) is 5.59. The molecule has 0 aliphatic carbocycles. The third kappa shape index (κ3) is 2.40. The molecule has 1 aromatic heterocycles. The van der Waals surface area contributed by atoms with E-state index in [2.05, 4.69) is 5.16 Å². The Bertz CT molecular complexity index is 915. The third-order valence-corrected chi connectivity index (χ3v) is 4.09. The van der Waals surface area contributed by atoms with Gasteiger partial charge in [-0.2, -0.15) is 0 Å². The lowest BCUT2D eigenvalue weighted by Gasteiger charge is -2.27. The van der Waals surface area contributed by atoms with Crippen molar-refractivity contribution >= 4 is 17.4 Å². The first-order valence-electron chi connectivity index (χ1n) is 7.70. The van der Waals surface area contributed by atoms with Crippen molar-refractivity contribution in [1.29, 1.82) is 0 Å². The number of amides is 1. The molecule has 1 amide bonds. The summed E-state index contributed by atoms with van der Waals surface area (Å²) in [5.41, 5.74) is 2.29. The molecule has 1 aliphatic rings. The lowest BCUT2D eigenvalue weighted by atomic mass is 10.00. The van der Waals surface area contributed by atoms with Gasteiger partial charge in [0.05, 0.1) is 5.69 Å². The van der Waals surface area contributed by atoms with E-state index in [4.69, 9.17) is 4.52 Å². The Morgan fingerprint density at radius 2 is 1.79 bits per heavy atom. The average Bonchev–Trinajstić information content (AvgIpc) is 3.13. The van der Waals surface area contributed by atoms with E-state index >= 15 is 0 Å². The van der Waals surface area contributed by atoms with Gasteiger partial charge in [-0.05, 0) is 12.1 Å². The molecule has 118 valence electrons. The molecule has 3 aromatic rings. The van der Waals surface area contributed by atoms with Gasteiger partial charge in [0.2, 0.25) is 0 Å². The van der Waals surface area contributed by atoms with Gasteiger partial charge < -0.3 is 9.42 Å². The molecule has 0 spiro atoms. The molecule has 0 bridgehead atoms. The van der Waals surface area contributed by atoms with Crippen LogP contribution in [0.3, 0.4) is 0 Å². The number of anilines is 1. The van der Waals surface area contributed by atoms with Crippen LogP contribution in [0, 0.1) is 0 Å². The zero-order valence-corrected chi connectivity index (χ0v) is 12.8. The van der Waals surface area contributed by atoms with Crippen LogP contribution in [0.5, 0.6) is 0 Å². The predicted octanol–water partition coefficient (Wildman–Crippen LogP) is 3.57. The van der Waals surface area contributed by atoms with Crippen LogP contribution in [-0.4, -0.2) is 23.4 Å². The quantitative estimate of drug-likeness (QED) is 0.724. The Balaban J connectivity index is 1.67. The molecule has 0 N–H and O–H groups in total. The molecule has 2 aromatic carbocycles. The minimum atomic E-state index is -0.263. The van der Waals surface area contributed by atoms with Gasteiger partial charge in [-0.25, -0.2) is 0 Å². The topological polar surface area (TPSA) is 63.4 Å². The molecule has 0 unspecified atom stereocenters. The number of hydrogen-bond donors (Lipinski definition) is 0. The molecule has 0 saturated heterocycles. The molecule has 0 radical (unpaired) electrons. The van der Waals surface area contributed by atoms with E-state index in [1.807, 2.05) is 36.4 Å². The van der Waals surface area contributed by atoms with E-state index in [0.29, 0.717) is 30.0 Å². The lowest BCUT2D eigenvalue weighted by molar-refractivity contribution is 0.0950. The average molecular weight is 318 g/mol. The van der Waals surface area contributed by atoms with Crippen molar-refractivity contribution in [2.75, 3.05) is 11.4 Å². The SMILES string of the molecule is O=C1CCN(C(=O)c2cc(-c3ccccc3)on2)c2ccccc21. The number of ketones is 1. The Kier molecular flexibility index (Phi) is 3.46. The fraction of sp³-hybridized carbons (Fsp3) is 0.105. The first-order chi connectivity index (χ1) is 11.7. The van der Waals surface area contributed by atoms with Gasteiger partial charge in [-0.15, -0.1) is 0 Å². The van der Waals surface area contributed by atoms with E-state index in [1.165, 1.54) is 0 Å². The normalized spacial score (nSPS) is 13.7. The highest BCUT2D eigenvalue weighted by atomic mass is 16.5. The molecule has 0 saturated carbocycles. The number of rotatable bonds is 2. The van der Waals surface area contributed by atoms with E-state index in [-0.39, 0.29) is 17.4 Å². The van der Waals surface area contributed by atoms with Gasteiger partial charge in [0, 0.05) is 30.2 Å². The van der Waals surface area contributed by atoms with Gasteiger partial charge in [0.15, 0.2) is 17.2 Å². The molecule has 4 rings (SSSR count). The second-order valence-corrected chi connectivity index (χ2v) is 5.59. The Morgan fingerprint density at radius 1 is 1.04 bits per heavy atom. The summed E-state index contributed by atoms with van der Waals surface area (Å²) in [6.45, 7) is 0.349. The van der Waals surface area contributed by atoms with Crippen LogP contribution in [0.2, 0.25) is 0 Å². The van der Waals surface area contributed by atoms with Crippen LogP contribution in [0.1, 0.15) is 27.3 Å². The summed E-state index contributed by atoms with van der Waals surface area (Å²) in [5.74, 6) is 0.334. The summed E-state index contributed by atoms with van der Waals surface area (Å²) in [5, 5.41) is 3.91. The minimum Gasteiger partial charge on any atom is -0.355 e. The molecule has 0 atom stereocenters. The van der Waals surface area contributed by atoms with Gasteiger partial charge in [-0.1, -0.05) is 47.6 Å². The number of benzene rings is 2. The molecular formula is C19H14N2O3. The van der Waals surface area contributed by atoms with E-state index < -0.39 is 0 Å². The van der Waals surface area contributed by atoms with E-state index in [9.17, 15) is 9.59 Å². The maximum atomic E-state index is 12.8. The summed E-state index contributed by atoms with van der Waals surface area (Å²) in [6.07, 6.45) is 0.312. The number of aromatic nitrogens is 1. The minimum absolute atomic E-state index is 0.0553. The smallest absolute Gasteiger partial charge is 0.280 e. The van der Waals surface area contributed by atoms with Crippen LogP contribution in [0.4, 0.5) is 5.69 Å². The number of carbonyl (C=O) groups excluding carboxylic acids is 2. The van der Waals surface area contributed by atoms with Crippen molar-refractivity contribution in [1.82, 2.24) is 5.16 Å². The van der Waals surface area contributed by atoms with Crippen molar-refractivity contribution < 1.29 is 14.1 Å². The highest BCUT2D eigenvalue weighted by molar-refractivity contribution is 6.12. The van der Waals surface area contributed by atoms with Crippen molar-refractivity contribution in [3.05, 3.63) is 71.9 Å².